The molecule has 4 heterocycles. The maximum absolute atomic E-state index is 6.25. The van der Waals surface area contributed by atoms with Crippen LogP contribution in [0, 0.1) is 0 Å². The average Bonchev–Trinajstić information content (AvgIpc) is 3.19. The fraction of sp³-hybridized carbons (Fsp3) is 0.562. The van der Waals surface area contributed by atoms with Crippen LogP contribution in [0.2, 0.25) is 0 Å². The van der Waals surface area contributed by atoms with Crippen molar-refractivity contribution in [3.8, 4) is 0 Å². The van der Waals surface area contributed by atoms with Crippen LogP contribution in [0.4, 0.5) is 0 Å². The topological polar surface area (TPSA) is 56.1 Å². The predicted molar refractivity (Wildman–Crippen MR) is 81.1 cm³/mol. The van der Waals surface area contributed by atoms with Crippen LogP contribution in [-0.4, -0.2) is 49.9 Å². The molecule has 0 aromatic carbocycles. The van der Waals surface area contributed by atoms with E-state index in [4.69, 9.17) is 4.74 Å². The van der Waals surface area contributed by atoms with Gasteiger partial charge < -0.3 is 9.30 Å². The quantitative estimate of drug-likeness (QED) is 0.863. The molecule has 6 heteroatoms. The molecule has 0 bridgehead atoms. The monoisotopic (exact) mass is 299 g/mol. The third-order valence-corrected chi connectivity index (χ3v) is 4.80. The number of hydrogen-bond acceptors (Lipinski definition) is 5. The number of hydrogen-bond donors (Lipinski definition) is 0. The molecule has 0 aliphatic carbocycles. The van der Waals surface area contributed by atoms with Gasteiger partial charge in [-0.1, -0.05) is 6.07 Å². The van der Waals surface area contributed by atoms with E-state index in [-0.39, 0.29) is 5.60 Å². The molecule has 2 aromatic heterocycles. The van der Waals surface area contributed by atoms with E-state index in [1.807, 2.05) is 18.5 Å². The molecule has 2 fully saturated rings. The van der Waals surface area contributed by atoms with Gasteiger partial charge in [-0.15, -0.1) is 10.2 Å². The number of aromatic nitrogens is 4. The Balaban J connectivity index is 1.43. The van der Waals surface area contributed by atoms with Crippen molar-refractivity contribution >= 4 is 0 Å². The zero-order chi connectivity index (χ0) is 14.8. The highest BCUT2D eigenvalue weighted by atomic mass is 16.5. The van der Waals surface area contributed by atoms with Crippen molar-refractivity contribution in [2.45, 2.75) is 37.5 Å². The lowest BCUT2D eigenvalue weighted by Crippen LogP contribution is -2.47. The average molecular weight is 299 g/mol. The molecule has 0 unspecified atom stereocenters. The summed E-state index contributed by atoms with van der Waals surface area (Å²) in [5.74, 6) is 0. The summed E-state index contributed by atoms with van der Waals surface area (Å²) in [4.78, 5) is 6.70. The van der Waals surface area contributed by atoms with Gasteiger partial charge in [-0.2, -0.15) is 0 Å². The molecule has 0 radical (unpaired) electrons. The summed E-state index contributed by atoms with van der Waals surface area (Å²) < 4.78 is 8.33. The van der Waals surface area contributed by atoms with Crippen molar-refractivity contribution < 1.29 is 4.74 Å². The molecule has 2 saturated heterocycles. The van der Waals surface area contributed by atoms with Crippen LogP contribution < -0.4 is 0 Å². The van der Waals surface area contributed by atoms with E-state index >= 15 is 0 Å². The van der Waals surface area contributed by atoms with E-state index in [1.165, 1.54) is 12.0 Å². The summed E-state index contributed by atoms with van der Waals surface area (Å²) >= 11 is 0. The van der Waals surface area contributed by atoms with E-state index in [0.29, 0.717) is 6.04 Å². The normalized spacial score (nSPS) is 29.2. The molecule has 1 spiro atoms. The standard InChI is InChI=1S/C16H21N5O/c1-3-14(8-17-5-1)9-20-6-2-4-16(11-20)7-15(10-22-16)21-12-18-19-13-21/h1,3,5,8,12-13,15H,2,4,6-7,9-11H2/t15-,16+/m1/s1. The number of piperidine rings is 1. The minimum Gasteiger partial charge on any atom is -0.371 e. The molecule has 0 saturated carbocycles. The van der Waals surface area contributed by atoms with E-state index in [9.17, 15) is 0 Å². The van der Waals surface area contributed by atoms with Crippen LogP contribution in [-0.2, 0) is 11.3 Å². The van der Waals surface area contributed by atoms with Crippen molar-refractivity contribution in [3.63, 3.8) is 0 Å². The molecule has 2 aliphatic rings. The zero-order valence-corrected chi connectivity index (χ0v) is 12.6. The fourth-order valence-electron chi connectivity index (χ4n) is 3.77. The van der Waals surface area contributed by atoms with Crippen LogP contribution in [0.1, 0.15) is 30.9 Å². The molecular formula is C16H21N5O. The summed E-state index contributed by atoms with van der Waals surface area (Å²) in [5, 5.41) is 7.82. The summed E-state index contributed by atoms with van der Waals surface area (Å²) in [6.07, 6.45) is 10.8. The first-order valence-corrected chi connectivity index (χ1v) is 7.92. The first kappa shape index (κ1) is 13.8. The highest BCUT2D eigenvalue weighted by Gasteiger charge is 2.43. The molecule has 22 heavy (non-hydrogen) atoms. The van der Waals surface area contributed by atoms with Crippen LogP contribution in [0.25, 0.3) is 0 Å². The summed E-state index contributed by atoms with van der Waals surface area (Å²) in [5.41, 5.74) is 1.27. The van der Waals surface area contributed by atoms with E-state index in [2.05, 4.69) is 30.7 Å². The van der Waals surface area contributed by atoms with Gasteiger partial charge in [0, 0.05) is 31.9 Å². The van der Waals surface area contributed by atoms with Crippen molar-refractivity contribution in [2.75, 3.05) is 19.7 Å². The minimum absolute atomic E-state index is 0.00457. The number of rotatable bonds is 3. The van der Waals surface area contributed by atoms with Crippen LogP contribution in [0.15, 0.2) is 37.2 Å². The smallest absolute Gasteiger partial charge is 0.119 e. The Hall–Kier alpha value is -1.79. The van der Waals surface area contributed by atoms with E-state index in [1.54, 1.807) is 12.7 Å². The lowest BCUT2D eigenvalue weighted by Gasteiger charge is -2.39. The van der Waals surface area contributed by atoms with E-state index in [0.717, 1.165) is 39.1 Å². The molecule has 2 aliphatic heterocycles. The second kappa shape index (κ2) is 5.78. The first-order valence-electron chi connectivity index (χ1n) is 7.92. The van der Waals surface area contributed by atoms with Crippen molar-refractivity contribution in [2.24, 2.45) is 0 Å². The Labute approximate surface area is 130 Å². The second-order valence-electron chi connectivity index (χ2n) is 6.44. The largest absolute Gasteiger partial charge is 0.371 e. The fourth-order valence-corrected chi connectivity index (χ4v) is 3.77. The Morgan fingerprint density at radius 1 is 1.32 bits per heavy atom. The van der Waals surface area contributed by atoms with Gasteiger partial charge in [-0.3, -0.25) is 9.88 Å². The van der Waals surface area contributed by atoms with Crippen LogP contribution >= 0.6 is 0 Å². The Bertz CT molecular complexity index is 602. The van der Waals surface area contributed by atoms with E-state index < -0.39 is 0 Å². The zero-order valence-electron chi connectivity index (χ0n) is 12.6. The molecule has 116 valence electrons. The van der Waals surface area contributed by atoms with Crippen LogP contribution in [0.3, 0.4) is 0 Å². The molecule has 4 rings (SSSR count). The molecular weight excluding hydrogens is 278 g/mol. The highest BCUT2D eigenvalue weighted by molar-refractivity contribution is 5.09. The molecule has 2 atom stereocenters. The first-order chi connectivity index (χ1) is 10.8. The van der Waals surface area contributed by atoms with Gasteiger partial charge in [-0.25, -0.2) is 0 Å². The van der Waals surface area contributed by atoms with Crippen molar-refractivity contribution in [3.05, 3.63) is 42.7 Å². The number of nitrogens with zero attached hydrogens (tertiary/aromatic N) is 5. The molecule has 0 N–H and O–H groups in total. The van der Waals surface area contributed by atoms with Crippen LogP contribution in [0.5, 0.6) is 0 Å². The van der Waals surface area contributed by atoms with Crippen molar-refractivity contribution in [1.82, 2.24) is 24.6 Å². The third-order valence-electron chi connectivity index (χ3n) is 4.80. The molecule has 6 nitrogen and oxygen atoms in total. The number of ether oxygens (including phenoxy) is 1. The van der Waals surface area contributed by atoms with Crippen molar-refractivity contribution in [1.29, 1.82) is 0 Å². The summed E-state index contributed by atoms with van der Waals surface area (Å²) in [6, 6.07) is 4.51. The lowest BCUT2D eigenvalue weighted by atomic mass is 9.88. The second-order valence-corrected chi connectivity index (χ2v) is 6.44. The highest BCUT2D eigenvalue weighted by Crippen LogP contribution is 2.39. The van der Waals surface area contributed by atoms with Gasteiger partial charge in [-0.05, 0) is 31.0 Å². The van der Waals surface area contributed by atoms with Gasteiger partial charge >= 0.3 is 0 Å². The molecule has 2 aromatic rings. The Kier molecular flexibility index (Phi) is 3.63. The maximum Gasteiger partial charge on any atom is 0.119 e. The summed E-state index contributed by atoms with van der Waals surface area (Å²) in [6.45, 7) is 3.85. The van der Waals surface area contributed by atoms with Gasteiger partial charge in [0.05, 0.1) is 18.2 Å². The lowest BCUT2D eigenvalue weighted by molar-refractivity contribution is -0.0535. The molecule has 0 amide bonds. The van der Waals surface area contributed by atoms with Gasteiger partial charge in [0.25, 0.3) is 0 Å². The minimum atomic E-state index is -0.00457. The third kappa shape index (κ3) is 2.76. The van der Waals surface area contributed by atoms with Gasteiger partial charge in [0.1, 0.15) is 12.7 Å². The Morgan fingerprint density at radius 2 is 2.23 bits per heavy atom. The number of likely N-dealkylation sites (tertiary alicyclic amines) is 1. The maximum atomic E-state index is 6.25. The SMILES string of the molecule is c1cncc(CN2CCC[C@]3(C[C@@H](n4cnnc4)CO3)C2)c1. The Morgan fingerprint density at radius 3 is 3.05 bits per heavy atom. The number of pyridine rings is 1. The van der Waals surface area contributed by atoms with Gasteiger partial charge in [0.2, 0.25) is 0 Å². The predicted octanol–water partition coefficient (Wildman–Crippen LogP) is 1.67. The van der Waals surface area contributed by atoms with Gasteiger partial charge in [0.15, 0.2) is 0 Å². The summed E-state index contributed by atoms with van der Waals surface area (Å²) in [7, 11) is 0.